The second kappa shape index (κ2) is 10.0. The number of unbranched alkanes of at least 4 members (excludes halogenated alkanes) is 1. The topological polar surface area (TPSA) is 87.7 Å². The SMILES string of the molecule is CCCCNC(=O)C(O)[C@H](Cc1ccccc1)NC(=O)OC(C)(C)C. The highest BCUT2D eigenvalue weighted by molar-refractivity contribution is 5.82. The van der Waals surface area contributed by atoms with Crippen LogP contribution in [-0.4, -0.2) is 41.4 Å². The van der Waals surface area contributed by atoms with Gasteiger partial charge in [-0.2, -0.15) is 0 Å². The van der Waals surface area contributed by atoms with Crippen LogP contribution in [0.1, 0.15) is 46.1 Å². The molecular formula is C19H30N2O4. The summed E-state index contributed by atoms with van der Waals surface area (Å²) in [6.07, 6.45) is 0.0856. The van der Waals surface area contributed by atoms with Crippen LogP contribution in [0, 0.1) is 0 Å². The number of benzene rings is 1. The molecule has 1 unspecified atom stereocenters. The number of nitrogens with one attached hydrogen (secondary N) is 2. The van der Waals surface area contributed by atoms with E-state index in [1.165, 1.54) is 0 Å². The maximum atomic E-state index is 12.2. The van der Waals surface area contributed by atoms with E-state index in [0.29, 0.717) is 13.0 Å². The fourth-order valence-corrected chi connectivity index (χ4v) is 2.24. The second-order valence-corrected chi connectivity index (χ2v) is 7.03. The Morgan fingerprint density at radius 2 is 1.84 bits per heavy atom. The molecule has 0 fully saturated rings. The van der Waals surface area contributed by atoms with Crippen molar-refractivity contribution in [2.75, 3.05) is 6.54 Å². The zero-order chi connectivity index (χ0) is 18.9. The smallest absolute Gasteiger partial charge is 0.407 e. The van der Waals surface area contributed by atoms with Gasteiger partial charge in [0.05, 0.1) is 6.04 Å². The van der Waals surface area contributed by atoms with Crippen molar-refractivity contribution in [2.45, 2.75) is 64.7 Å². The Kier molecular flexibility index (Phi) is 8.41. The van der Waals surface area contributed by atoms with Crippen LogP contribution >= 0.6 is 0 Å². The zero-order valence-corrected chi connectivity index (χ0v) is 15.5. The van der Waals surface area contributed by atoms with Gasteiger partial charge >= 0.3 is 6.09 Å². The highest BCUT2D eigenvalue weighted by atomic mass is 16.6. The first-order chi connectivity index (χ1) is 11.7. The van der Waals surface area contributed by atoms with Crippen LogP contribution < -0.4 is 10.6 Å². The number of hydrogen-bond donors (Lipinski definition) is 3. The van der Waals surface area contributed by atoms with Crippen LogP contribution in [0.4, 0.5) is 4.79 Å². The van der Waals surface area contributed by atoms with Crippen LogP contribution in [0.3, 0.4) is 0 Å². The summed E-state index contributed by atoms with van der Waals surface area (Å²) in [5.74, 6) is -0.495. The molecule has 0 aliphatic carbocycles. The van der Waals surface area contributed by atoms with Gasteiger partial charge in [-0.3, -0.25) is 4.79 Å². The number of amides is 2. The van der Waals surface area contributed by atoms with Gasteiger partial charge in [0, 0.05) is 6.54 Å². The fraction of sp³-hybridized carbons (Fsp3) is 0.579. The van der Waals surface area contributed by atoms with E-state index < -0.39 is 29.7 Å². The summed E-state index contributed by atoms with van der Waals surface area (Å²) in [5, 5.41) is 15.7. The number of aliphatic hydroxyl groups excluding tert-OH is 1. The Morgan fingerprint density at radius 1 is 1.20 bits per heavy atom. The van der Waals surface area contributed by atoms with Gasteiger partial charge in [-0.15, -0.1) is 0 Å². The molecule has 3 N–H and O–H groups in total. The quantitative estimate of drug-likeness (QED) is 0.628. The highest BCUT2D eigenvalue weighted by Crippen LogP contribution is 2.10. The molecule has 0 aliphatic rings. The predicted octanol–water partition coefficient (Wildman–Crippen LogP) is 2.40. The van der Waals surface area contributed by atoms with E-state index in [4.69, 9.17) is 4.74 Å². The number of alkyl carbamates (subject to hydrolysis) is 1. The Labute approximate surface area is 150 Å². The lowest BCUT2D eigenvalue weighted by Crippen LogP contribution is -2.52. The molecule has 0 saturated carbocycles. The molecule has 0 bridgehead atoms. The monoisotopic (exact) mass is 350 g/mol. The molecule has 0 radical (unpaired) electrons. The number of aliphatic hydroxyl groups is 1. The molecule has 0 spiro atoms. The molecule has 1 rings (SSSR count). The minimum absolute atomic E-state index is 0.322. The standard InChI is InChI=1S/C19H30N2O4/c1-5-6-12-20-17(23)16(22)15(13-14-10-8-7-9-11-14)21-18(24)25-19(2,3)4/h7-11,15-16,22H,5-6,12-13H2,1-4H3,(H,20,23)(H,21,24)/t15-,16?/m0/s1. The van der Waals surface area contributed by atoms with Gasteiger partial charge in [0.15, 0.2) is 6.10 Å². The molecule has 0 heterocycles. The first kappa shape index (κ1) is 21.0. The van der Waals surface area contributed by atoms with Crippen LogP contribution in [0.2, 0.25) is 0 Å². The van der Waals surface area contributed by atoms with E-state index in [2.05, 4.69) is 10.6 Å². The van der Waals surface area contributed by atoms with Crippen molar-refractivity contribution in [1.29, 1.82) is 0 Å². The summed E-state index contributed by atoms with van der Waals surface area (Å²) in [5.41, 5.74) is 0.249. The lowest BCUT2D eigenvalue weighted by atomic mass is 10.0. The Hall–Kier alpha value is -2.08. The number of carbonyl (C=O) groups is 2. The molecular weight excluding hydrogens is 320 g/mol. The summed E-state index contributed by atoms with van der Waals surface area (Å²) in [6, 6.07) is 8.60. The van der Waals surface area contributed by atoms with Gasteiger partial charge in [0.1, 0.15) is 5.60 Å². The van der Waals surface area contributed by atoms with Crippen molar-refractivity contribution in [1.82, 2.24) is 10.6 Å². The third-order valence-electron chi connectivity index (χ3n) is 3.48. The van der Waals surface area contributed by atoms with E-state index in [1.54, 1.807) is 20.8 Å². The molecule has 6 heteroatoms. The molecule has 140 valence electrons. The summed E-state index contributed by atoms with van der Waals surface area (Å²) < 4.78 is 5.24. The van der Waals surface area contributed by atoms with E-state index in [1.807, 2.05) is 37.3 Å². The van der Waals surface area contributed by atoms with Crippen LogP contribution in [0.15, 0.2) is 30.3 Å². The predicted molar refractivity (Wildman–Crippen MR) is 97.2 cm³/mol. The number of hydrogen-bond acceptors (Lipinski definition) is 4. The average Bonchev–Trinajstić information content (AvgIpc) is 2.53. The van der Waals surface area contributed by atoms with Gasteiger partial charge in [-0.1, -0.05) is 43.7 Å². The third kappa shape index (κ3) is 8.54. The second-order valence-electron chi connectivity index (χ2n) is 7.03. The van der Waals surface area contributed by atoms with Crippen molar-refractivity contribution in [2.24, 2.45) is 0 Å². The van der Waals surface area contributed by atoms with Crippen LogP contribution in [-0.2, 0) is 16.0 Å². The Morgan fingerprint density at radius 3 is 2.40 bits per heavy atom. The third-order valence-corrected chi connectivity index (χ3v) is 3.48. The summed E-state index contributed by atoms with van der Waals surface area (Å²) in [4.78, 5) is 24.2. The molecule has 0 aliphatic heterocycles. The van der Waals surface area contributed by atoms with Crippen LogP contribution in [0.25, 0.3) is 0 Å². The van der Waals surface area contributed by atoms with Gasteiger partial charge in [-0.05, 0) is 39.2 Å². The lowest BCUT2D eigenvalue weighted by Gasteiger charge is -2.26. The van der Waals surface area contributed by atoms with Gasteiger partial charge < -0.3 is 20.5 Å². The minimum Gasteiger partial charge on any atom is -0.444 e. The molecule has 2 amide bonds. The average molecular weight is 350 g/mol. The largest absolute Gasteiger partial charge is 0.444 e. The van der Waals surface area contributed by atoms with Crippen molar-refractivity contribution in [3.63, 3.8) is 0 Å². The zero-order valence-electron chi connectivity index (χ0n) is 15.5. The van der Waals surface area contributed by atoms with E-state index >= 15 is 0 Å². The molecule has 6 nitrogen and oxygen atoms in total. The molecule has 1 aromatic carbocycles. The summed E-state index contributed by atoms with van der Waals surface area (Å²) >= 11 is 0. The van der Waals surface area contributed by atoms with Crippen molar-refractivity contribution < 1.29 is 19.4 Å². The highest BCUT2D eigenvalue weighted by Gasteiger charge is 2.29. The maximum absolute atomic E-state index is 12.2. The summed E-state index contributed by atoms with van der Waals surface area (Å²) in [6.45, 7) is 7.79. The first-order valence-corrected chi connectivity index (χ1v) is 8.72. The van der Waals surface area contributed by atoms with E-state index in [0.717, 1.165) is 18.4 Å². The number of rotatable bonds is 8. The Balaban J connectivity index is 2.79. The lowest BCUT2D eigenvalue weighted by molar-refractivity contribution is -0.130. The number of carbonyl (C=O) groups excluding carboxylic acids is 2. The molecule has 2 atom stereocenters. The van der Waals surface area contributed by atoms with Gasteiger partial charge in [0.2, 0.25) is 0 Å². The van der Waals surface area contributed by atoms with E-state index in [-0.39, 0.29) is 0 Å². The Bertz CT molecular complexity index is 540. The minimum atomic E-state index is -1.36. The molecule has 0 aromatic heterocycles. The molecule has 1 aromatic rings. The van der Waals surface area contributed by atoms with Crippen molar-refractivity contribution in [3.8, 4) is 0 Å². The van der Waals surface area contributed by atoms with Gasteiger partial charge in [0.25, 0.3) is 5.91 Å². The summed E-state index contributed by atoms with van der Waals surface area (Å²) in [7, 11) is 0. The number of ether oxygens (including phenoxy) is 1. The normalized spacial score (nSPS) is 13.6. The van der Waals surface area contributed by atoms with Crippen molar-refractivity contribution >= 4 is 12.0 Å². The van der Waals surface area contributed by atoms with E-state index in [9.17, 15) is 14.7 Å². The molecule has 25 heavy (non-hydrogen) atoms. The van der Waals surface area contributed by atoms with Crippen molar-refractivity contribution in [3.05, 3.63) is 35.9 Å². The van der Waals surface area contributed by atoms with Crippen LogP contribution in [0.5, 0.6) is 0 Å². The first-order valence-electron chi connectivity index (χ1n) is 8.72. The fourth-order valence-electron chi connectivity index (χ4n) is 2.24. The molecule has 0 saturated heterocycles. The van der Waals surface area contributed by atoms with Gasteiger partial charge in [-0.25, -0.2) is 4.79 Å². The maximum Gasteiger partial charge on any atom is 0.407 e.